The topological polar surface area (TPSA) is 93.1 Å². The van der Waals surface area contributed by atoms with E-state index in [4.69, 9.17) is 10.5 Å². The second-order valence-corrected chi connectivity index (χ2v) is 6.15. The first-order valence-corrected chi connectivity index (χ1v) is 8.95. The summed E-state index contributed by atoms with van der Waals surface area (Å²) in [5.74, 6) is 1.48. The van der Waals surface area contributed by atoms with Gasteiger partial charge in [-0.3, -0.25) is 14.3 Å². The number of nitrogens with one attached hydrogen (secondary N) is 1. The van der Waals surface area contributed by atoms with E-state index in [1.807, 2.05) is 28.8 Å². The van der Waals surface area contributed by atoms with E-state index in [1.165, 1.54) is 0 Å². The van der Waals surface area contributed by atoms with Crippen LogP contribution in [0.2, 0.25) is 0 Å². The highest BCUT2D eigenvalue weighted by Crippen LogP contribution is 2.05. The number of hydrogen-bond acceptors (Lipinski definition) is 5. The molecule has 3 N–H and O–H groups in total. The van der Waals surface area contributed by atoms with Gasteiger partial charge >= 0.3 is 0 Å². The van der Waals surface area contributed by atoms with Crippen LogP contribution in [0.1, 0.15) is 18.7 Å². The molecule has 0 aliphatic carbocycles. The summed E-state index contributed by atoms with van der Waals surface area (Å²) >= 11 is 0. The molecule has 1 aliphatic heterocycles. The molecular formula is C17H28IN7O. The van der Waals surface area contributed by atoms with Crippen molar-refractivity contribution < 1.29 is 4.74 Å². The Balaban J connectivity index is 0.00000243. The minimum Gasteiger partial charge on any atom is -0.379 e. The number of rotatable bonds is 8. The highest BCUT2D eigenvalue weighted by atomic mass is 127. The van der Waals surface area contributed by atoms with Gasteiger partial charge in [-0.05, 0) is 31.5 Å². The summed E-state index contributed by atoms with van der Waals surface area (Å²) in [7, 11) is 0. The number of halogens is 1. The molecule has 0 spiro atoms. The number of fused-ring (bicyclic) bond motifs is 1. The first-order chi connectivity index (χ1) is 12.3. The van der Waals surface area contributed by atoms with Crippen LogP contribution in [-0.2, 0) is 11.2 Å². The van der Waals surface area contributed by atoms with E-state index in [1.54, 1.807) is 0 Å². The van der Waals surface area contributed by atoms with E-state index < -0.39 is 0 Å². The third-order valence-electron chi connectivity index (χ3n) is 4.29. The van der Waals surface area contributed by atoms with Gasteiger partial charge in [0.2, 0.25) is 0 Å². The van der Waals surface area contributed by atoms with Gasteiger partial charge in [-0.25, -0.2) is 0 Å². The number of pyridine rings is 1. The molecule has 2 aromatic rings. The molecule has 1 fully saturated rings. The van der Waals surface area contributed by atoms with Gasteiger partial charge in [0, 0.05) is 38.8 Å². The van der Waals surface area contributed by atoms with Crippen molar-refractivity contribution in [3.8, 4) is 0 Å². The van der Waals surface area contributed by atoms with Crippen molar-refractivity contribution in [3.63, 3.8) is 0 Å². The van der Waals surface area contributed by atoms with Gasteiger partial charge < -0.3 is 15.8 Å². The van der Waals surface area contributed by atoms with Gasteiger partial charge in [-0.15, -0.1) is 34.2 Å². The standard InChI is InChI=1S/C17H27N7O.HI/c18-17(20-8-4-9-23-11-13-25-14-12-23)19-7-3-6-16-22-21-15-5-1-2-10-24(15)16;/h1-2,5,10H,3-4,6-9,11-14H2,(H3,18,19,20);1H. The molecule has 0 radical (unpaired) electrons. The molecule has 2 aromatic heterocycles. The number of morpholine rings is 1. The maximum Gasteiger partial charge on any atom is 0.188 e. The van der Waals surface area contributed by atoms with E-state index in [0.717, 1.165) is 70.1 Å². The predicted octanol–water partition coefficient (Wildman–Crippen LogP) is 0.907. The predicted molar refractivity (Wildman–Crippen MR) is 113 cm³/mol. The summed E-state index contributed by atoms with van der Waals surface area (Å²) in [4.78, 5) is 6.80. The zero-order valence-electron chi connectivity index (χ0n) is 15.0. The van der Waals surface area contributed by atoms with Crippen LogP contribution in [0.3, 0.4) is 0 Å². The van der Waals surface area contributed by atoms with E-state index in [0.29, 0.717) is 12.5 Å². The molecule has 9 heteroatoms. The summed E-state index contributed by atoms with van der Waals surface area (Å²) in [5, 5.41) is 11.6. The average molecular weight is 473 g/mol. The molecule has 26 heavy (non-hydrogen) atoms. The van der Waals surface area contributed by atoms with Crippen molar-refractivity contribution in [3.05, 3.63) is 30.2 Å². The molecule has 1 saturated heterocycles. The Morgan fingerprint density at radius 3 is 2.92 bits per heavy atom. The Labute approximate surface area is 171 Å². The normalized spacial score (nSPS) is 15.8. The fraction of sp³-hybridized carbons (Fsp3) is 0.588. The Kier molecular flexibility index (Phi) is 9.06. The summed E-state index contributed by atoms with van der Waals surface area (Å²) in [6, 6.07) is 5.90. The quantitative estimate of drug-likeness (QED) is 0.256. The van der Waals surface area contributed by atoms with Crippen molar-refractivity contribution in [2.24, 2.45) is 10.7 Å². The molecule has 144 valence electrons. The smallest absolute Gasteiger partial charge is 0.188 e. The molecule has 0 aromatic carbocycles. The lowest BCUT2D eigenvalue weighted by Gasteiger charge is -2.26. The van der Waals surface area contributed by atoms with Gasteiger partial charge in [0.15, 0.2) is 11.6 Å². The minimum absolute atomic E-state index is 0. The van der Waals surface area contributed by atoms with Gasteiger partial charge in [0.05, 0.1) is 13.2 Å². The van der Waals surface area contributed by atoms with Crippen molar-refractivity contribution in [1.29, 1.82) is 0 Å². The van der Waals surface area contributed by atoms with E-state index >= 15 is 0 Å². The Morgan fingerprint density at radius 1 is 1.23 bits per heavy atom. The highest BCUT2D eigenvalue weighted by molar-refractivity contribution is 14.0. The van der Waals surface area contributed by atoms with E-state index in [-0.39, 0.29) is 24.0 Å². The molecular weight excluding hydrogens is 445 g/mol. The van der Waals surface area contributed by atoms with Crippen LogP contribution in [-0.4, -0.2) is 71.4 Å². The van der Waals surface area contributed by atoms with Gasteiger partial charge in [-0.2, -0.15) is 0 Å². The van der Waals surface area contributed by atoms with Gasteiger partial charge in [-0.1, -0.05) is 6.07 Å². The first kappa shape index (κ1) is 20.8. The molecule has 0 bridgehead atoms. The molecule has 0 unspecified atom stereocenters. The number of aromatic nitrogens is 3. The van der Waals surface area contributed by atoms with Crippen LogP contribution < -0.4 is 11.1 Å². The molecule has 0 atom stereocenters. The van der Waals surface area contributed by atoms with Crippen LogP contribution >= 0.6 is 24.0 Å². The molecule has 1 aliphatic rings. The third-order valence-corrected chi connectivity index (χ3v) is 4.29. The van der Waals surface area contributed by atoms with E-state index in [2.05, 4.69) is 25.4 Å². The van der Waals surface area contributed by atoms with Gasteiger partial charge in [0.1, 0.15) is 5.82 Å². The summed E-state index contributed by atoms with van der Waals surface area (Å²) in [5.41, 5.74) is 6.79. The largest absolute Gasteiger partial charge is 0.379 e. The highest BCUT2D eigenvalue weighted by Gasteiger charge is 2.09. The zero-order valence-corrected chi connectivity index (χ0v) is 17.3. The number of aryl methyl sites for hydroxylation is 1. The van der Waals surface area contributed by atoms with Crippen LogP contribution in [0.15, 0.2) is 29.4 Å². The summed E-state index contributed by atoms with van der Waals surface area (Å²) in [6.07, 6.45) is 4.77. The number of hydrogen-bond donors (Lipinski definition) is 2. The number of guanidine groups is 1. The van der Waals surface area contributed by atoms with Crippen molar-refractivity contribution in [1.82, 2.24) is 24.8 Å². The van der Waals surface area contributed by atoms with Crippen LogP contribution in [0.4, 0.5) is 0 Å². The third kappa shape index (κ3) is 6.36. The molecule has 3 heterocycles. The Morgan fingerprint density at radius 2 is 2.08 bits per heavy atom. The second kappa shape index (κ2) is 11.3. The second-order valence-electron chi connectivity index (χ2n) is 6.15. The summed E-state index contributed by atoms with van der Waals surface area (Å²) in [6.45, 7) is 6.35. The lowest BCUT2D eigenvalue weighted by Crippen LogP contribution is -2.39. The molecule has 0 amide bonds. The lowest BCUT2D eigenvalue weighted by molar-refractivity contribution is 0.0376. The summed E-state index contributed by atoms with van der Waals surface area (Å²) < 4.78 is 7.35. The molecule has 8 nitrogen and oxygen atoms in total. The van der Waals surface area contributed by atoms with Gasteiger partial charge in [0.25, 0.3) is 0 Å². The number of nitrogens with zero attached hydrogens (tertiary/aromatic N) is 5. The van der Waals surface area contributed by atoms with Crippen molar-refractivity contribution in [2.45, 2.75) is 19.3 Å². The number of nitrogens with two attached hydrogens (primary N) is 1. The average Bonchev–Trinajstić information content (AvgIpc) is 3.06. The SMILES string of the molecule is I.NC(=NCCCc1nnc2ccccn12)NCCCN1CCOCC1. The zero-order chi connectivity index (χ0) is 17.3. The maximum absolute atomic E-state index is 5.92. The van der Waals surface area contributed by atoms with Crippen LogP contribution in [0.25, 0.3) is 5.65 Å². The molecule has 0 saturated carbocycles. The van der Waals surface area contributed by atoms with Crippen LogP contribution in [0, 0.1) is 0 Å². The fourth-order valence-electron chi connectivity index (χ4n) is 2.90. The molecule has 3 rings (SSSR count). The monoisotopic (exact) mass is 473 g/mol. The minimum atomic E-state index is 0. The fourth-order valence-corrected chi connectivity index (χ4v) is 2.90. The Bertz CT molecular complexity index is 685. The maximum atomic E-state index is 5.92. The number of ether oxygens (including phenoxy) is 1. The number of aliphatic imine (C=N–C) groups is 1. The lowest BCUT2D eigenvalue weighted by atomic mass is 10.3. The first-order valence-electron chi connectivity index (χ1n) is 8.95. The van der Waals surface area contributed by atoms with Crippen molar-refractivity contribution >= 4 is 35.6 Å². The Hall–Kier alpha value is -1.46. The van der Waals surface area contributed by atoms with E-state index in [9.17, 15) is 0 Å². The van der Waals surface area contributed by atoms with Crippen LogP contribution in [0.5, 0.6) is 0 Å². The van der Waals surface area contributed by atoms with Crippen molar-refractivity contribution in [2.75, 3.05) is 45.9 Å².